The molecule has 0 bridgehead atoms. The van der Waals surface area contributed by atoms with E-state index in [1.54, 1.807) is 0 Å². The molecule has 16 heavy (non-hydrogen) atoms. The second-order valence-corrected chi connectivity index (χ2v) is 6.39. The third kappa shape index (κ3) is 24.0. The van der Waals surface area contributed by atoms with Gasteiger partial charge in [-0.05, 0) is 11.8 Å². The van der Waals surface area contributed by atoms with Gasteiger partial charge in [-0.25, -0.2) is 0 Å². The second kappa shape index (κ2) is 15.5. The van der Waals surface area contributed by atoms with Gasteiger partial charge in [0, 0.05) is 13.2 Å². The van der Waals surface area contributed by atoms with Crippen LogP contribution in [-0.4, -0.2) is 29.5 Å². The Labute approximate surface area is 112 Å². The van der Waals surface area contributed by atoms with Crippen molar-refractivity contribution in [3.05, 3.63) is 0 Å². The molecule has 0 aromatic heterocycles. The number of unbranched alkanes of at least 4 members (excludes halogenated alkanes) is 3. The first-order valence-corrected chi connectivity index (χ1v) is 8.53. The Morgan fingerprint density at radius 1 is 0.875 bits per heavy atom. The molecule has 0 unspecified atom stereocenters. The predicted octanol–water partition coefficient (Wildman–Crippen LogP) is 3.93. The lowest BCUT2D eigenvalue weighted by atomic mass is 10.2. The molecule has 0 radical (unpaired) electrons. The zero-order valence-electron chi connectivity index (χ0n) is 12.5. The Morgan fingerprint density at radius 2 is 1.38 bits per heavy atom. The molecule has 98 valence electrons. The monoisotopic (exact) mass is 244 g/mol. The van der Waals surface area contributed by atoms with Gasteiger partial charge in [-0.1, -0.05) is 60.3 Å². The van der Waals surface area contributed by atoms with Gasteiger partial charge in [-0.2, -0.15) is 0 Å². The molecule has 0 fully saturated rings. The fourth-order valence-electron chi connectivity index (χ4n) is 1.22. The quantitative estimate of drug-likeness (QED) is 0.464. The van der Waals surface area contributed by atoms with Crippen molar-refractivity contribution in [1.82, 2.24) is 0 Å². The van der Waals surface area contributed by atoms with Crippen LogP contribution >= 0.6 is 0 Å². The summed E-state index contributed by atoms with van der Waals surface area (Å²) in [5, 5.41) is 1.50. The van der Waals surface area contributed by atoms with Crippen LogP contribution in [0, 0.1) is 11.8 Å². The smallest absolute Gasteiger partial charge is 0.211 e. The van der Waals surface area contributed by atoms with Crippen LogP contribution in [0.25, 0.3) is 0 Å². The van der Waals surface area contributed by atoms with Crippen molar-refractivity contribution >= 4 is 16.3 Å². The van der Waals surface area contributed by atoms with Crippen LogP contribution in [-0.2, 0) is 4.74 Å². The van der Waals surface area contributed by atoms with Crippen LogP contribution < -0.4 is 0 Å². The summed E-state index contributed by atoms with van der Waals surface area (Å²) in [5.74, 6) is 1.34. The molecule has 2 heteroatoms. The molecule has 0 aliphatic rings. The number of hydrogen-bond acceptors (Lipinski definition) is 1. The maximum Gasteiger partial charge on any atom is 0.211 e. The van der Waals surface area contributed by atoms with E-state index in [2.05, 4.69) is 34.6 Å². The lowest BCUT2D eigenvalue weighted by Crippen LogP contribution is -2.06. The number of rotatable bonds is 8. The van der Waals surface area contributed by atoms with E-state index in [0.717, 1.165) is 13.2 Å². The molecule has 0 amide bonds. The summed E-state index contributed by atoms with van der Waals surface area (Å²) in [6.07, 6.45) is 5.78. The zero-order valence-corrected chi connectivity index (χ0v) is 14.5. The highest BCUT2D eigenvalue weighted by Crippen LogP contribution is 1.99. The summed E-state index contributed by atoms with van der Waals surface area (Å²) < 4.78 is 5.36. The number of ether oxygens (including phenoxy) is 1. The third-order valence-corrected chi connectivity index (χ3v) is 2.82. The second-order valence-electron chi connectivity index (χ2n) is 5.39. The number of hydrogen-bond donors (Lipinski definition) is 0. The Bertz CT molecular complexity index is 101. The molecular formula is C14H33AlO. The van der Waals surface area contributed by atoms with E-state index in [1.807, 2.05) is 0 Å². The van der Waals surface area contributed by atoms with Crippen molar-refractivity contribution in [2.75, 3.05) is 13.2 Å². The molecule has 0 aromatic rings. The highest BCUT2D eigenvalue weighted by atomic mass is 27.0. The maximum atomic E-state index is 5.36. The van der Waals surface area contributed by atoms with Crippen LogP contribution in [0.15, 0.2) is 0 Å². The Morgan fingerprint density at radius 3 is 1.69 bits per heavy atom. The molecule has 0 atom stereocenters. The third-order valence-electron chi connectivity index (χ3n) is 2.11. The summed E-state index contributed by atoms with van der Waals surface area (Å²) in [4.78, 5) is 0. The van der Waals surface area contributed by atoms with E-state index in [1.165, 1.54) is 47.3 Å². The first-order valence-electron chi connectivity index (χ1n) is 7.12. The fourth-order valence-corrected chi connectivity index (χ4v) is 1.72. The summed E-state index contributed by atoms with van der Waals surface area (Å²) in [5.41, 5.74) is 0. The summed E-state index contributed by atoms with van der Waals surface area (Å²) in [6, 6.07) is 0. The lowest BCUT2D eigenvalue weighted by molar-refractivity contribution is 0.0886. The first kappa shape index (κ1) is 18.8. The molecular weight excluding hydrogens is 211 g/mol. The molecule has 0 aliphatic heterocycles. The van der Waals surface area contributed by atoms with Gasteiger partial charge in [0.2, 0.25) is 16.3 Å². The molecule has 0 saturated carbocycles. The van der Waals surface area contributed by atoms with Crippen molar-refractivity contribution in [1.29, 1.82) is 0 Å². The molecule has 0 aromatic carbocycles. The molecule has 0 spiro atoms. The summed E-state index contributed by atoms with van der Waals surface area (Å²) in [6.45, 7) is 12.7. The average molecular weight is 244 g/mol. The molecule has 0 heterocycles. The SMILES string of the molecule is CC(C)COCC(C)C.CCCCC[CH2][AlH2]. The van der Waals surface area contributed by atoms with Gasteiger partial charge in [0.25, 0.3) is 0 Å². The maximum absolute atomic E-state index is 5.36. The van der Waals surface area contributed by atoms with Crippen LogP contribution in [0.3, 0.4) is 0 Å². The van der Waals surface area contributed by atoms with Crippen LogP contribution in [0.1, 0.15) is 60.3 Å². The normalized spacial score (nSPS) is 10.4. The van der Waals surface area contributed by atoms with Gasteiger partial charge < -0.3 is 4.74 Å². The summed E-state index contributed by atoms with van der Waals surface area (Å²) in [7, 11) is 0. The van der Waals surface area contributed by atoms with Crippen molar-refractivity contribution in [3.8, 4) is 0 Å². The summed E-state index contributed by atoms with van der Waals surface area (Å²) >= 11 is 1.41. The van der Waals surface area contributed by atoms with E-state index in [0.29, 0.717) is 11.8 Å². The minimum absolute atomic E-state index is 0.670. The van der Waals surface area contributed by atoms with E-state index < -0.39 is 0 Å². The fraction of sp³-hybridized carbons (Fsp3) is 1.00. The van der Waals surface area contributed by atoms with Crippen LogP contribution in [0.5, 0.6) is 0 Å². The van der Waals surface area contributed by atoms with Crippen LogP contribution in [0.2, 0.25) is 5.28 Å². The minimum atomic E-state index is 0.670. The van der Waals surface area contributed by atoms with E-state index in [-0.39, 0.29) is 0 Å². The first-order chi connectivity index (χ1) is 7.54. The highest BCUT2D eigenvalue weighted by molar-refractivity contribution is 6.08. The molecule has 0 saturated heterocycles. The Kier molecular flexibility index (Phi) is 18.2. The molecule has 0 rings (SSSR count). The van der Waals surface area contributed by atoms with Gasteiger partial charge in [0.15, 0.2) is 0 Å². The van der Waals surface area contributed by atoms with Crippen molar-refractivity contribution < 1.29 is 4.74 Å². The molecule has 0 aliphatic carbocycles. The lowest BCUT2D eigenvalue weighted by Gasteiger charge is -2.07. The van der Waals surface area contributed by atoms with E-state index in [4.69, 9.17) is 4.74 Å². The average Bonchev–Trinajstić information content (AvgIpc) is 2.18. The van der Waals surface area contributed by atoms with Gasteiger partial charge >= 0.3 is 0 Å². The predicted molar refractivity (Wildman–Crippen MR) is 78.0 cm³/mol. The van der Waals surface area contributed by atoms with Crippen molar-refractivity contribution in [2.24, 2.45) is 11.8 Å². The van der Waals surface area contributed by atoms with Crippen molar-refractivity contribution in [3.63, 3.8) is 0 Å². The van der Waals surface area contributed by atoms with Crippen LogP contribution in [0.4, 0.5) is 0 Å². The Hall–Kier alpha value is 0.492. The Balaban J connectivity index is 0. The zero-order chi connectivity index (χ0) is 12.8. The van der Waals surface area contributed by atoms with Gasteiger partial charge in [-0.3, -0.25) is 0 Å². The standard InChI is InChI=1S/C8H18O.C6H13.Al.2H/c1-7(2)5-9-6-8(3)4;1-3-5-6-4-2;;;/h7-8H,5-6H2,1-4H3;1,3-6H2,2H3;;;. The largest absolute Gasteiger partial charge is 0.381 e. The minimum Gasteiger partial charge on any atom is -0.381 e. The molecule has 1 nitrogen and oxygen atoms in total. The van der Waals surface area contributed by atoms with Crippen molar-refractivity contribution in [2.45, 2.75) is 65.6 Å². The highest BCUT2D eigenvalue weighted by Gasteiger charge is 1.95. The van der Waals surface area contributed by atoms with Gasteiger partial charge in [0.1, 0.15) is 0 Å². The van der Waals surface area contributed by atoms with Gasteiger partial charge in [-0.15, -0.1) is 5.28 Å². The van der Waals surface area contributed by atoms with Gasteiger partial charge in [0.05, 0.1) is 0 Å². The molecule has 0 N–H and O–H groups in total. The van der Waals surface area contributed by atoms with E-state index in [9.17, 15) is 0 Å². The van der Waals surface area contributed by atoms with E-state index >= 15 is 0 Å². The topological polar surface area (TPSA) is 9.23 Å².